The monoisotopic (exact) mass is 233 g/mol. The number of rotatable bonds is 3. The Morgan fingerprint density at radius 3 is 2.71 bits per heavy atom. The van der Waals surface area contributed by atoms with Crippen molar-refractivity contribution in [1.82, 2.24) is 9.47 Å². The van der Waals surface area contributed by atoms with Gasteiger partial charge in [-0.05, 0) is 19.9 Å². The van der Waals surface area contributed by atoms with E-state index in [1.807, 2.05) is 19.9 Å². The van der Waals surface area contributed by atoms with Gasteiger partial charge in [0.05, 0.1) is 6.07 Å². The van der Waals surface area contributed by atoms with Crippen LogP contribution in [-0.2, 0) is 7.05 Å². The molecule has 0 saturated heterocycles. The van der Waals surface area contributed by atoms with Crippen molar-refractivity contribution in [1.29, 1.82) is 5.26 Å². The van der Waals surface area contributed by atoms with E-state index in [1.54, 1.807) is 19.3 Å². The van der Waals surface area contributed by atoms with Crippen LogP contribution in [-0.4, -0.2) is 28.0 Å². The molecule has 1 aromatic rings. The molecule has 0 unspecified atom stereocenters. The Hall–Kier alpha value is -2.09. The number of carbonyl (C=O) groups excluding carboxylic acids is 1. The normalized spacial score (nSPS) is 10.1. The summed E-state index contributed by atoms with van der Waals surface area (Å²) in [6.45, 7) is 3.68. The molecule has 0 atom stereocenters. The fourth-order valence-electron chi connectivity index (χ4n) is 1.41. The second-order valence-electron chi connectivity index (χ2n) is 4.05. The van der Waals surface area contributed by atoms with Crippen molar-refractivity contribution in [3.8, 4) is 6.07 Å². The molecule has 0 aliphatic rings. The van der Waals surface area contributed by atoms with Crippen molar-refractivity contribution in [3.05, 3.63) is 34.2 Å². The molecule has 90 valence electrons. The van der Waals surface area contributed by atoms with Gasteiger partial charge < -0.3 is 9.47 Å². The number of nitrogens with zero attached hydrogens (tertiary/aromatic N) is 3. The van der Waals surface area contributed by atoms with E-state index in [4.69, 9.17) is 5.26 Å². The molecule has 5 heteroatoms. The Morgan fingerprint density at radius 2 is 2.24 bits per heavy atom. The van der Waals surface area contributed by atoms with Gasteiger partial charge in [-0.1, -0.05) is 0 Å². The maximum absolute atomic E-state index is 12.1. The summed E-state index contributed by atoms with van der Waals surface area (Å²) in [7, 11) is 1.62. The molecule has 0 radical (unpaired) electrons. The largest absolute Gasteiger partial charge is 0.323 e. The van der Waals surface area contributed by atoms with Crippen molar-refractivity contribution in [3.63, 3.8) is 0 Å². The van der Waals surface area contributed by atoms with E-state index in [0.29, 0.717) is 5.56 Å². The number of hydrogen-bond donors (Lipinski definition) is 0. The molecule has 1 aromatic heterocycles. The molecule has 1 amide bonds. The lowest BCUT2D eigenvalue weighted by molar-refractivity contribution is 0.0731. The summed E-state index contributed by atoms with van der Waals surface area (Å²) in [6.07, 6.45) is 1.54. The molecule has 5 nitrogen and oxygen atoms in total. The highest BCUT2D eigenvalue weighted by atomic mass is 16.2. The molecule has 1 rings (SSSR count). The number of nitriles is 1. The Balaban J connectivity index is 3.06. The van der Waals surface area contributed by atoms with Crippen LogP contribution in [0, 0.1) is 11.3 Å². The average molecular weight is 233 g/mol. The first kappa shape index (κ1) is 13.0. The zero-order valence-corrected chi connectivity index (χ0v) is 10.2. The third-order valence-electron chi connectivity index (χ3n) is 2.48. The van der Waals surface area contributed by atoms with Gasteiger partial charge in [0.15, 0.2) is 0 Å². The van der Waals surface area contributed by atoms with Crippen molar-refractivity contribution < 1.29 is 4.79 Å². The fraction of sp³-hybridized carbons (Fsp3) is 0.417. The molecule has 0 aliphatic heterocycles. The van der Waals surface area contributed by atoms with Gasteiger partial charge in [0.25, 0.3) is 11.5 Å². The number of pyridine rings is 1. The Kier molecular flexibility index (Phi) is 4.05. The van der Waals surface area contributed by atoms with Crippen LogP contribution in [0.25, 0.3) is 0 Å². The third kappa shape index (κ3) is 2.94. The Bertz CT molecular complexity index is 511. The lowest BCUT2D eigenvalue weighted by Crippen LogP contribution is -2.37. The Labute approximate surface area is 99.9 Å². The Morgan fingerprint density at radius 1 is 1.59 bits per heavy atom. The predicted molar refractivity (Wildman–Crippen MR) is 63.5 cm³/mol. The zero-order valence-electron chi connectivity index (χ0n) is 10.2. The summed E-state index contributed by atoms with van der Waals surface area (Å²) < 4.78 is 1.39. The number of carbonyl (C=O) groups is 1. The number of aryl methyl sites for hydroxylation is 1. The first-order valence-corrected chi connectivity index (χ1v) is 5.32. The summed E-state index contributed by atoms with van der Waals surface area (Å²) in [5, 5.41) is 8.67. The summed E-state index contributed by atoms with van der Waals surface area (Å²) in [6, 6.07) is 4.74. The van der Waals surface area contributed by atoms with E-state index in [-0.39, 0.29) is 24.1 Å². The van der Waals surface area contributed by atoms with E-state index in [9.17, 15) is 9.59 Å². The van der Waals surface area contributed by atoms with Crippen LogP contribution in [0.5, 0.6) is 0 Å². The predicted octanol–water partition coefficient (Wildman–Crippen LogP) is 0.759. The first-order valence-electron chi connectivity index (χ1n) is 5.32. The molecular weight excluding hydrogens is 218 g/mol. The number of amides is 1. The second-order valence-corrected chi connectivity index (χ2v) is 4.05. The fourth-order valence-corrected chi connectivity index (χ4v) is 1.41. The quantitative estimate of drug-likeness (QED) is 0.724. The topological polar surface area (TPSA) is 66.1 Å². The van der Waals surface area contributed by atoms with Gasteiger partial charge in [0.1, 0.15) is 6.54 Å². The van der Waals surface area contributed by atoms with E-state index in [2.05, 4.69) is 0 Å². The molecule has 0 fully saturated rings. The van der Waals surface area contributed by atoms with Gasteiger partial charge in [-0.15, -0.1) is 0 Å². The van der Waals surface area contributed by atoms with Gasteiger partial charge in [-0.3, -0.25) is 9.59 Å². The van der Waals surface area contributed by atoms with E-state index in [1.165, 1.54) is 15.5 Å². The van der Waals surface area contributed by atoms with Gasteiger partial charge in [-0.2, -0.15) is 5.26 Å². The second kappa shape index (κ2) is 5.30. The van der Waals surface area contributed by atoms with Crippen molar-refractivity contribution in [2.24, 2.45) is 7.05 Å². The van der Waals surface area contributed by atoms with Crippen LogP contribution in [0.2, 0.25) is 0 Å². The summed E-state index contributed by atoms with van der Waals surface area (Å²) in [4.78, 5) is 24.9. The number of aromatic nitrogens is 1. The minimum Gasteiger partial charge on any atom is -0.323 e. The molecule has 0 aliphatic carbocycles. The molecule has 0 aromatic carbocycles. The minimum absolute atomic E-state index is 0.0196. The highest BCUT2D eigenvalue weighted by molar-refractivity contribution is 5.94. The third-order valence-corrected chi connectivity index (χ3v) is 2.48. The SMILES string of the molecule is CC(C)N(CC#N)C(=O)c1ccn(C)c(=O)c1. The van der Waals surface area contributed by atoms with Crippen LogP contribution in [0.15, 0.2) is 23.1 Å². The molecule has 0 bridgehead atoms. The number of hydrogen-bond acceptors (Lipinski definition) is 3. The maximum Gasteiger partial charge on any atom is 0.255 e. The maximum atomic E-state index is 12.1. The molecule has 0 saturated carbocycles. The van der Waals surface area contributed by atoms with Gasteiger partial charge in [0.2, 0.25) is 0 Å². The van der Waals surface area contributed by atoms with E-state index in [0.717, 1.165) is 0 Å². The molecular formula is C12H15N3O2. The summed E-state index contributed by atoms with van der Waals surface area (Å²) >= 11 is 0. The van der Waals surface area contributed by atoms with Crippen LogP contribution < -0.4 is 5.56 Å². The minimum atomic E-state index is -0.292. The highest BCUT2D eigenvalue weighted by Crippen LogP contribution is 2.06. The van der Waals surface area contributed by atoms with Gasteiger partial charge in [-0.25, -0.2) is 0 Å². The van der Waals surface area contributed by atoms with Crippen LogP contribution in [0.1, 0.15) is 24.2 Å². The van der Waals surface area contributed by atoms with Gasteiger partial charge >= 0.3 is 0 Å². The van der Waals surface area contributed by atoms with Crippen molar-refractivity contribution in [2.75, 3.05) is 6.54 Å². The van der Waals surface area contributed by atoms with E-state index < -0.39 is 0 Å². The average Bonchev–Trinajstić information content (AvgIpc) is 2.28. The van der Waals surface area contributed by atoms with E-state index >= 15 is 0 Å². The molecule has 0 spiro atoms. The van der Waals surface area contributed by atoms with Crippen molar-refractivity contribution >= 4 is 5.91 Å². The van der Waals surface area contributed by atoms with Crippen LogP contribution in [0.4, 0.5) is 0 Å². The standard InChI is InChI=1S/C12H15N3O2/c1-9(2)15(7-5-13)12(17)10-4-6-14(3)11(16)8-10/h4,6,8-9H,7H2,1-3H3. The molecule has 17 heavy (non-hydrogen) atoms. The lowest BCUT2D eigenvalue weighted by Gasteiger charge is -2.23. The highest BCUT2D eigenvalue weighted by Gasteiger charge is 2.18. The van der Waals surface area contributed by atoms with Gasteiger partial charge in [0, 0.05) is 30.9 Å². The smallest absolute Gasteiger partial charge is 0.255 e. The van der Waals surface area contributed by atoms with Crippen molar-refractivity contribution in [2.45, 2.75) is 19.9 Å². The lowest BCUT2D eigenvalue weighted by atomic mass is 10.2. The molecule has 0 N–H and O–H groups in total. The summed E-state index contributed by atoms with van der Waals surface area (Å²) in [5.74, 6) is -0.292. The zero-order chi connectivity index (χ0) is 13.0. The first-order chi connectivity index (χ1) is 7.97. The van der Waals surface area contributed by atoms with Crippen LogP contribution >= 0.6 is 0 Å². The van der Waals surface area contributed by atoms with Crippen LogP contribution in [0.3, 0.4) is 0 Å². The summed E-state index contributed by atoms with van der Waals surface area (Å²) in [5.41, 5.74) is 0.0774. The molecule has 1 heterocycles.